The highest BCUT2D eigenvalue weighted by molar-refractivity contribution is 5.73. The van der Waals surface area contributed by atoms with E-state index in [1.165, 1.54) is 6.92 Å². The summed E-state index contributed by atoms with van der Waals surface area (Å²) in [5, 5.41) is 2.54. The molecule has 0 aliphatic heterocycles. The van der Waals surface area contributed by atoms with Crippen LogP contribution in [0.5, 0.6) is 0 Å². The van der Waals surface area contributed by atoms with Crippen LogP contribution in [-0.2, 0) is 14.3 Å². The van der Waals surface area contributed by atoms with E-state index in [0.717, 1.165) is 6.42 Å². The molecule has 13 heavy (non-hydrogen) atoms. The molecular weight excluding hydrogens is 170 g/mol. The molecule has 0 heterocycles. The van der Waals surface area contributed by atoms with Crippen LogP contribution >= 0.6 is 0 Å². The zero-order valence-corrected chi connectivity index (χ0v) is 8.37. The Kier molecular flexibility index (Phi) is 5.93. The summed E-state index contributed by atoms with van der Waals surface area (Å²) in [5.74, 6) is 0.349. The Balaban J connectivity index is 3.79. The molecule has 0 fully saturated rings. The Morgan fingerprint density at radius 2 is 2.08 bits per heavy atom. The van der Waals surface area contributed by atoms with Gasteiger partial charge in [-0.2, -0.15) is 0 Å². The average molecular weight is 187 g/mol. The summed E-state index contributed by atoms with van der Waals surface area (Å²) < 4.78 is 4.69. The number of carbonyl (C=O) groups excluding carboxylic acids is 2. The SMILES string of the molecule is CC(=O)NC(CCC(C)C)OC=O. The van der Waals surface area contributed by atoms with Crippen LogP contribution in [0, 0.1) is 5.92 Å². The predicted octanol–water partition coefficient (Wildman–Crippen LogP) is 1.06. The average Bonchev–Trinajstić information content (AvgIpc) is 1.99. The van der Waals surface area contributed by atoms with Crippen molar-refractivity contribution in [3.63, 3.8) is 0 Å². The van der Waals surface area contributed by atoms with Crippen LogP contribution < -0.4 is 5.32 Å². The lowest BCUT2D eigenvalue weighted by atomic mass is 10.1. The third kappa shape index (κ3) is 7.31. The summed E-state index contributed by atoms with van der Waals surface area (Å²) >= 11 is 0. The molecule has 4 nitrogen and oxygen atoms in total. The Labute approximate surface area is 78.6 Å². The molecule has 1 atom stereocenters. The highest BCUT2D eigenvalue weighted by Crippen LogP contribution is 2.06. The van der Waals surface area contributed by atoms with Gasteiger partial charge in [0, 0.05) is 13.3 Å². The number of hydrogen-bond donors (Lipinski definition) is 1. The quantitative estimate of drug-likeness (QED) is 0.499. The molecule has 0 aliphatic rings. The van der Waals surface area contributed by atoms with Gasteiger partial charge in [0.1, 0.15) is 0 Å². The first-order valence-electron chi connectivity index (χ1n) is 4.42. The van der Waals surface area contributed by atoms with Gasteiger partial charge in [-0.1, -0.05) is 13.8 Å². The van der Waals surface area contributed by atoms with Gasteiger partial charge in [0.25, 0.3) is 6.47 Å². The van der Waals surface area contributed by atoms with Crippen molar-refractivity contribution in [3.05, 3.63) is 0 Å². The Morgan fingerprint density at radius 1 is 1.46 bits per heavy atom. The van der Waals surface area contributed by atoms with Crippen molar-refractivity contribution in [1.29, 1.82) is 0 Å². The monoisotopic (exact) mass is 187 g/mol. The lowest BCUT2D eigenvalue weighted by molar-refractivity contribution is -0.138. The van der Waals surface area contributed by atoms with Crippen molar-refractivity contribution in [2.24, 2.45) is 5.92 Å². The number of ether oxygens (including phenoxy) is 1. The molecule has 0 radical (unpaired) electrons. The zero-order chi connectivity index (χ0) is 10.3. The third-order valence-electron chi connectivity index (χ3n) is 1.59. The molecule has 0 spiro atoms. The molecule has 76 valence electrons. The standard InChI is InChI=1S/C9H17NO3/c1-7(2)4-5-9(13-6-11)10-8(3)12/h6-7,9H,4-5H2,1-3H3,(H,10,12). The van der Waals surface area contributed by atoms with Crippen LogP contribution in [-0.4, -0.2) is 18.6 Å². The molecule has 1 unspecified atom stereocenters. The van der Waals surface area contributed by atoms with Gasteiger partial charge in [0.2, 0.25) is 5.91 Å². The van der Waals surface area contributed by atoms with Crippen molar-refractivity contribution in [3.8, 4) is 0 Å². The first-order chi connectivity index (χ1) is 6.06. The van der Waals surface area contributed by atoms with Crippen LogP contribution in [0.4, 0.5) is 0 Å². The highest BCUT2D eigenvalue weighted by Gasteiger charge is 2.10. The van der Waals surface area contributed by atoms with E-state index in [4.69, 9.17) is 4.74 Å². The second-order valence-electron chi connectivity index (χ2n) is 3.39. The van der Waals surface area contributed by atoms with Gasteiger partial charge in [-0.3, -0.25) is 9.59 Å². The van der Waals surface area contributed by atoms with Crippen LogP contribution in [0.15, 0.2) is 0 Å². The minimum Gasteiger partial charge on any atom is -0.444 e. The lowest BCUT2D eigenvalue weighted by Gasteiger charge is -2.16. The summed E-state index contributed by atoms with van der Waals surface area (Å²) in [4.78, 5) is 20.7. The molecule has 0 aromatic rings. The molecule has 1 N–H and O–H groups in total. The fourth-order valence-electron chi connectivity index (χ4n) is 0.953. The molecule has 0 rings (SSSR count). The number of rotatable bonds is 6. The lowest BCUT2D eigenvalue weighted by Crippen LogP contribution is -2.35. The van der Waals surface area contributed by atoms with E-state index in [9.17, 15) is 9.59 Å². The molecular formula is C9H17NO3. The zero-order valence-electron chi connectivity index (χ0n) is 8.37. The predicted molar refractivity (Wildman–Crippen MR) is 48.8 cm³/mol. The molecule has 0 aliphatic carbocycles. The maximum absolute atomic E-state index is 10.7. The fourth-order valence-corrected chi connectivity index (χ4v) is 0.953. The summed E-state index contributed by atoms with van der Waals surface area (Å²) in [6.07, 6.45) is 1.10. The molecule has 1 amide bonds. The van der Waals surface area contributed by atoms with E-state index in [2.05, 4.69) is 19.2 Å². The minimum absolute atomic E-state index is 0.185. The first-order valence-corrected chi connectivity index (χ1v) is 4.42. The van der Waals surface area contributed by atoms with Gasteiger partial charge >= 0.3 is 0 Å². The van der Waals surface area contributed by atoms with Crippen molar-refractivity contribution in [2.75, 3.05) is 0 Å². The Morgan fingerprint density at radius 3 is 2.46 bits per heavy atom. The number of hydrogen-bond acceptors (Lipinski definition) is 3. The van der Waals surface area contributed by atoms with E-state index >= 15 is 0 Å². The normalized spacial score (nSPS) is 12.3. The fraction of sp³-hybridized carbons (Fsp3) is 0.778. The van der Waals surface area contributed by atoms with Crippen LogP contribution in [0.3, 0.4) is 0 Å². The molecule has 0 aromatic heterocycles. The van der Waals surface area contributed by atoms with Crippen LogP contribution in [0.1, 0.15) is 33.6 Å². The van der Waals surface area contributed by atoms with Gasteiger partial charge in [-0.15, -0.1) is 0 Å². The molecule has 0 bridgehead atoms. The van der Waals surface area contributed by atoms with E-state index in [0.29, 0.717) is 18.8 Å². The van der Waals surface area contributed by atoms with Crippen molar-refractivity contribution < 1.29 is 14.3 Å². The van der Waals surface area contributed by atoms with Gasteiger partial charge < -0.3 is 10.1 Å². The second kappa shape index (κ2) is 6.46. The van der Waals surface area contributed by atoms with E-state index in [1.807, 2.05) is 0 Å². The minimum atomic E-state index is -0.475. The van der Waals surface area contributed by atoms with Crippen LogP contribution in [0.25, 0.3) is 0 Å². The van der Waals surface area contributed by atoms with E-state index < -0.39 is 6.23 Å². The smallest absolute Gasteiger partial charge is 0.295 e. The summed E-state index contributed by atoms with van der Waals surface area (Å²) in [6.45, 7) is 5.91. The molecule has 0 saturated heterocycles. The maximum Gasteiger partial charge on any atom is 0.295 e. The van der Waals surface area contributed by atoms with Crippen molar-refractivity contribution in [2.45, 2.75) is 39.8 Å². The molecule has 4 heteroatoms. The van der Waals surface area contributed by atoms with Crippen molar-refractivity contribution >= 4 is 12.4 Å². The molecule has 0 saturated carbocycles. The first kappa shape index (κ1) is 11.9. The van der Waals surface area contributed by atoms with Gasteiger partial charge in [0.05, 0.1) is 0 Å². The van der Waals surface area contributed by atoms with Gasteiger partial charge in [-0.05, 0) is 12.3 Å². The summed E-state index contributed by atoms with van der Waals surface area (Å²) in [5.41, 5.74) is 0. The number of carbonyl (C=O) groups is 2. The van der Waals surface area contributed by atoms with Crippen molar-refractivity contribution in [1.82, 2.24) is 5.32 Å². The largest absolute Gasteiger partial charge is 0.444 e. The van der Waals surface area contributed by atoms with Gasteiger partial charge in [-0.25, -0.2) is 0 Å². The van der Waals surface area contributed by atoms with Gasteiger partial charge in [0.15, 0.2) is 6.23 Å². The number of amides is 1. The number of nitrogens with one attached hydrogen (secondary N) is 1. The Hall–Kier alpha value is -1.06. The second-order valence-corrected chi connectivity index (χ2v) is 3.39. The Bertz CT molecular complexity index is 168. The highest BCUT2D eigenvalue weighted by atomic mass is 16.5. The summed E-state index contributed by atoms with van der Waals surface area (Å²) in [7, 11) is 0. The van der Waals surface area contributed by atoms with E-state index in [-0.39, 0.29) is 5.91 Å². The molecule has 0 aromatic carbocycles. The third-order valence-corrected chi connectivity index (χ3v) is 1.59. The van der Waals surface area contributed by atoms with Crippen LogP contribution in [0.2, 0.25) is 0 Å². The maximum atomic E-state index is 10.7. The topological polar surface area (TPSA) is 55.4 Å². The van der Waals surface area contributed by atoms with E-state index in [1.54, 1.807) is 0 Å². The summed E-state index contributed by atoms with van der Waals surface area (Å²) in [6, 6.07) is 0.